The zero-order chi connectivity index (χ0) is 14.6. The van der Waals surface area contributed by atoms with Crippen LogP contribution < -0.4 is 9.47 Å². The zero-order valence-electron chi connectivity index (χ0n) is 11.3. The Hall–Kier alpha value is -1.82. The highest BCUT2D eigenvalue weighted by Crippen LogP contribution is 2.37. The number of aliphatic hydroxyl groups excluding tert-OH is 1. The number of hydrogen-bond donors (Lipinski definition) is 1. The SMILES string of the molecule is COC(=O)C(O)c1cc(OC)c(C(C)F)cc1OC. The molecule has 2 unspecified atom stereocenters. The third kappa shape index (κ3) is 3.14. The van der Waals surface area contributed by atoms with Gasteiger partial charge in [-0.25, -0.2) is 9.18 Å². The fraction of sp³-hybridized carbons (Fsp3) is 0.462. The number of hydrogen-bond acceptors (Lipinski definition) is 5. The van der Waals surface area contributed by atoms with Gasteiger partial charge in [0.15, 0.2) is 6.10 Å². The van der Waals surface area contributed by atoms with Crippen LogP contribution >= 0.6 is 0 Å². The lowest BCUT2D eigenvalue weighted by molar-refractivity contribution is -0.150. The molecule has 1 rings (SSSR count). The fourth-order valence-electron chi connectivity index (χ4n) is 1.71. The number of rotatable bonds is 5. The molecule has 0 aliphatic carbocycles. The van der Waals surface area contributed by atoms with Crippen molar-refractivity contribution < 1.29 is 28.5 Å². The molecule has 2 atom stereocenters. The molecule has 0 aliphatic rings. The molecule has 0 aromatic heterocycles. The maximum Gasteiger partial charge on any atom is 0.339 e. The molecular formula is C13H17FO5. The minimum atomic E-state index is -1.52. The van der Waals surface area contributed by atoms with Gasteiger partial charge in [-0.05, 0) is 19.1 Å². The molecule has 5 nitrogen and oxygen atoms in total. The normalized spacial score (nSPS) is 13.6. The number of ether oxygens (including phenoxy) is 3. The van der Waals surface area contributed by atoms with Crippen molar-refractivity contribution in [2.45, 2.75) is 19.2 Å². The maximum atomic E-state index is 13.5. The van der Waals surface area contributed by atoms with Gasteiger partial charge in [-0.1, -0.05) is 0 Å². The van der Waals surface area contributed by atoms with Gasteiger partial charge >= 0.3 is 5.97 Å². The molecule has 0 spiro atoms. The van der Waals surface area contributed by atoms with Crippen molar-refractivity contribution in [2.75, 3.05) is 21.3 Å². The summed E-state index contributed by atoms with van der Waals surface area (Å²) in [4.78, 5) is 11.4. The smallest absolute Gasteiger partial charge is 0.339 e. The van der Waals surface area contributed by atoms with Crippen molar-refractivity contribution in [3.05, 3.63) is 23.3 Å². The minimum absolute atomic E-state index is 0.163. The van der Waals surface area contributed by atoms with E-state index in [4.69, 9.17) is 9.47 Å². The number of aliphatic hydroxyl groups is 1. The maximum absolute atomic E-state index is 13.5. The van der Waals surface area contributed by atoms with E-state index in [-0.39, 0.29) is 22.6 Å². The third-order valence-electron chi connectivity index (χ3n) is 2.73. The first kappa shape index (κ1) is 15.2. The van der Waals surface area contributed by atoms with Gasteiger partial charge in [-0.15, -0.1) is 0 Å². The molecule has 106 valence electrons. The molecule has 0 saturated carbocycles. The Morgan fingerprint density at radius 3 is 2.05 bits per heavy atom. The second-order valence-electron chi connectivity index (χ2n) is 3.88. The molecular weight excluding hydrogens is 255 g/mol. The van der Waals surface area contributed by atoms with E-state index in [2.05, 4.69) is 4.74 Å². The summed E-state index contributed by atoms with van der Waals surface area (Å²) in [5.74, 6) is -0.409. The first-order valence-corrected chi connectivity index (χ1v) is 5.62. The number of methoxy groups -OCH3 is 3. The van der Waals surface area contributed by atoms with E-state index in [1.54, 1.807) is 0 Å². The van der Waals surface area contributed by atoms with Crippen LogP contribution in [0.1, 0.15) is 30.3 Å². The van der Waals surface area contributed by atoms with Gasteiger partial charge in [-0.3, -0.25) is 0 Å². The molecule has 1 aromatic carbocycles. The lowest BCUT2D eigenvalue weighted by atomic mass is 10.0. The molecule has 1 aromatic rings. The number of halogens is 1. The summed E-state index contributed by atoms with van der Waals surface area (Å²) in [7, 11) is 3.90. The van der Waals surface area contributed by atoms with Crippen LogP contribution in [0.3, 0.4) is 0 Å². The van der Waals surface area contributed by atoms with Crippen molar-refractivity contribution in [2.24, 2.45) is 0 Å². The van der Waals surface area contributed by atoms with Crippen LogP contribution in [0.2, 0.25) is 0 Å². The van der Waals surface area contributed by atoms with Gasteiger partial charge in [-0.2, -0.15) is 0 Å². The van der Waals surface area contributed by atoms with E-state index in [9.17, 15) is 14.3 Å². The molecule has 0 heterocycles. The highest BCUT2D eigenvalue weighted by Gasteiger charge is 2.25. The van der Waals surface area contributed by atoms with Crippen molar-refractivity contribution >= 4 is 5.97 Å². The van der Waals surface area contributed by atoms with Crippen LogP contribution in [-0.4, -0.2) is 32.4 Å². The average molecular weight is 272 g/mol. The highest BCUT2D eigenvalue weighted by molar-refractivity contribution is 5.77. The number of carbonyl (C=O) groups excluding carboxylic acids is 1. The van der Waals surface area contributed by atoms with Crippen LogP contribution in [0.5, 0.6) is 11.5 Å². The topological polar surface area (TPSA) is 65.0 Å². The number of alkyl halides is 1. The second kappa shape index (κ2) is 6.38. The van der Waals surface area contributed by atoms with Crippen LogP contribution in [-0.2, 0) is 9.53 Å². The van der Waals surface area contributed by atoms with Crippen LogP contribution in [0.15, 0.2) is 12.1 Å². The van der Waals surface area contributed by atoms with E-state index in [0.29, 0.717) is 0 Å². The molecule has 0 saturated heterocycles. The largest absolute Gasteiger partial charge is 0.496 e. The Labute approximate surface area is 110 Å². The number of benzene rings is 1. The standard InChI is InChI=1S/C13H17FO5/c1-7(14)8-5-11(18-3)9(6-10(8)17-2)12(15)13(16)19-4/h5-7,12,15H,1-4H3. The van der Waals surface area contributed by atoms with Crippen LogP contribution in [0.4, 0.5) is 4.39 Å². The highest BCUT2D eigenvalue weighted by atomic mass is 19.1. The molecule has 0 amide bonds. The minimum Gasteiger partial charge on any atom is -0.496 e. The lowest BCUT2D eigenvalue weighted by Gasteiger charge is -2.17. The van der Waals surface area contributed by atoms with Gasteiger partial charge < -0.3 is 19.3 Å². The number of esters is 1. The third-order valence-corrected chi connectivity index (χ3v) is 2.73. The van der Waals surface area contributed by atoms with Gasteiger partial charge in [0.1, 0.15) is 17.7 Å². The zero-order valence-corrected chi connectivity index (χ0v) is 11.3. The average Bonchev–Trinajstić information content (AvgIpc) is 2.43. The Balaban J connectivity index is 3.35. The summed E-state index contributed by atoms with van der Waals surface area (Å²) >= 11 is 0. The first-order chi connectivity index (χ1) is 8.96. The first-order valence-electron chi connectivity index (χ1n) is 5.62. The molecule has 0 aliphatic heterocycles. The van der Waals surface area contributed by atoms with E-state index in [1.807, 2.05) is 0 Å². The summed E-state index contributed by atoms with van der Waals surface area (Å²) in [5.41, 5.74) is 0.441. The van der Waals surface area contributed by atoms with Crippen molar-refractivity contribution in [3.8, 4) is 11.5 Å². The quantitative estimate of drug-likeness (QED) is 0.830. The Bertz CT molecular complexity index is 459. The lowest BCUT2D eigenvalue weighted by Crippen LogP contribution is -2.15. The molecule has 1 N–H and O–H groups in total. The van der Waals surface area contributed by atoms with Crippen LogP contribution in [0, 0.1) is 0 Å². The Morgan fingerprint density at radius 1 is 1.16 bits per heavy atom. The molecule has 6 heteroatoms. The Kier molecular flexibility index (Phi) is 5.11. The van der Waals surface area contributed by atoms with Crippen LogP contribution in [0.25, 0.3) is 0 Å². The summed E-state index contributed by atoms with van der Waals surface area (Å²) in [6.07, 6.45) is -2.79. The van der Waals surface area contributed by atoms with Crippen molar-refractivity contribution in [3.63, 3.8) is 0 Å². The van der Waals surface area contributed by atoms with E-state index in [0.717, 1.165) is 7.11 Å². The summed E-state index contributed by atoms with van der Waals surface area (Å²) in [6, 6.07) is 2.76. The van der Waals surface area contributed by atoms with Crippen molar-refractivity contribution in [1.82, 2.24) is 0 Å². The second-order valence-corrected chi connectivity index (χ2v) is 3.88. The summed E-state index contributed by atoms with van der Waals surface area (Å²) in [5, 5.41) is 9.85. The number of carbonyl (C=O) groups is 1. The monoisotopic (exact) mass is 272 g/mol. The summed E-state index contributed by atoms with van der Waals surface area (Å²) in [6.45, 7) is 1.35. The van der Waals surface area contributed by atoms with E-state index in [1.165, 1.54) is 33.3 Å². The molecule has 19 heavy (non-hydrogen) atoms. The van der Waals surface area contributed by atoms with Crippen molar-refractivity contribution in [1.29, 1.82) is 0 Å². The predicted octanol–water partition coefficient (Wildman–Crippen LogP) is 1.94. The van der Waals surface area contributed by atoms with Gasteiger partial charge in [0.2, 0.25) is 0 Å². The Morgan fingerprint density at radius 2 is 1.63 bits per heavy atom. The van der Waals surface area contributed by atoms with Gasteiger partial charge in [0.25, 0.3) is 0 Å². The predicted molar refractivity (Wildman–Crippen MR) is 66.0 cm³/mol. The molecule has 0 bridgehead atoms. The van der Waals surface area contributed by atoms with E-state index >= 15 is 0 Å². The fourth-order valence-corrected chi connectivity index (χ4v) is 1.71. The van der Waals surface area contributed by atoms with Gasteiger partial charge in [0.05, 0.1) is 21.3 Å². The van der Waals surface area contributed by atoms with E-state index < -0.39 is 18.2 Å². The molecule has 0 fully saturated rings. The summed E-state index contributed by atoms with van der Waals surface area (Å²) < 4.78 is 28.0. The van der Waals surface area contributed by atoms with Gasteiger partial charge in [0, 0.05) is 11.1 Å². The molecule has 0 radical (unpaired) electrons.